The smallest absolute Gasteiger partial charge is 0.124 e. The Kier molecular flexibility index (Phi) is 1.47. The minimum absolute atomic E-state index is 0.273. The van der Waals surface area contributed by atoms with Crippen LogP contribution < -0.4 is 0 Å². The molecule has 2 saturated carbocycles. The Hall–Kier alpha value is -0.330. The molecular weight excluding hydrogens is 148 g/mol. The quantitative estimate of drug-likeness (QED) is 0.547. The molecule has 12 heavy (non-hydrogen) atoms. The van der Waals surface area contributed by atoms with Crippen molar-refractivity contribution in [2.45, 2.75) is 40.0 Å². The standard InChI is InChI=1S/C11H18O/c1-10(2)8-4-5-11(3,6-8)9(10)7-12/h7-9H,4-6H2,1-3H3. The molecule has 2 aliphatic carbocycles. The molecule has 1 heteroatoms. The highest BCUT2D eigenvalue weighted by Crippen LogP contribution is 2.65. The first-order valence-corrected chi connectivity index (χ1v) is 4.96. The molecule has 2 rings (SSSR count). The summed E-state index contributed by atoms with van der Waals surface area (Å²) in [4.78, 5) is 11.0. The van der Waals surface area contributed by atoms with Crippen LogP contribution in [0.2, 0.25) is 0 Å². The van der Waals surface area contributed by atoms with Crippen molar-refractivity contribution in [2.75, 3.05) is 0 Å². The van der Waals surface area contributed by atoms with Gasteiger partial charge in [0, 0.05) is 5.92 Å². The third-order valence-corrected chi connectivity index (χ3v) is 4.52. The molecule has 0 amide bonds. The molecule has 2 bridgehead atoms. The van der Waals surface area contributed by atoms with E-state index < -0.39 is 0 Å². The summed E-state index contributed by atoms with van der Waals surface area (Å²) in [6, 6.07) is 0. The molecule has 68 valence electrons. The fraction of sp³-hybridized carbons (Fsp3) is 0.909. The van der Waals surface area contributed by atoms with Gasteiger partial charge in [-0.2, -0.15) is 0 Å². The first-order chi connectivity index (χ1) is 5.50. The zero-order chi connectivity index (χ0) is 8.98. The van der Waals surface area contributed by atoms with Gasteiger partial charge >= 0.3 is 0 Å². The first-order valence-electron chi connectivity index (χ1n) is 4.96. The summed E-state index contributed by atoms with van der Waals surface area (Å²) in [7, 11) is 0. The molecule has 0 aromatic rings. The molecular formula is C11H18O. The number of carbonyl (C=O) groups is 1. The van der Waals surface area contributed by atoms with E-state index in [1.165, 1.54) is 25.5 Å². The van der Waals surface area contributed by atoms with Crippen LogP contribution in [0.15, 0.2) is 0 Å². The van der Waals surface area contributed by atoms with Gasteiger partial charge in [0.1, 0.15) is 6.29 Å². The third kappa shape index (κ3) is 0.773. The second-order valence-corrected chi connectivity index (χ2v) is 5.53. The Balaban J connectivity index is 2.37. The molecule has 0 saturated heterocycles. The summed E-state index contributed by atoms with van der Waals surface area (Å²) >= 11 is 0. The van der Waals surface area contributed by atoms with Crippen LogP contribution in [-0.2, 0) is 4.79 Å². The molecule has 3 atom stereocenters. The number of hydrogen-bond donors (Lipinski definition) is 0. The summed E-state index contributed by atoms with van der Waals surface area (Å²) in [6.07, 6.45) is 5.10. The Bertz CT molecular complexity index is 214. The number of fused-ring (bicyclic) bond motifs is 2. The number of carbonyl (C=O) groups excluding carboxylic acids is 1. The van der Waals surface area contributed by atoms with Gasteiger partial charge in [0.15, 0.2) is 0 Å². The normalized spacial score (nSPS) is 49.6. The topological polar surface area (TPSA) is 17.1 Å². The molecule has 0 spiro atoms. The minimum atomic E-state index is 0.273. The van der Waals surface area contributed by atoms with Crippen LogP contribution in [0.1, 0.15) is 40.0 Å². The predicted molar refractivity (Wildman–Crippen MR) is 48.8 cm³/mol. The summed E-state index contributed by atoms with van der Waals surface area (Å²) in [5, 5.41) is 0. The molecule has 0 aromatic carbocycles. The van der Waals surface area contributed by atoms with Gasteiger partial charge in [-0.1, -0.05) is 20.8 Å². The average molecular weight is 166 g/mol. The van der Waals surface area contributed by atoms with E-state index in [0.717, 1.165) is 5.92 Å². The van der Waals surface area contributed by atoms with Crippen molar-refractivity contribution >= 4 is 6.29 Å². The van der Waals surface area contributed by atoms with Gasteiger partial charge in [-0.05, 0) is 36.0 Å². The highest BCUT2D eigenvalue weighted by molar-refractivity contribution is 5.58. The largest absolute Gasteiger partial charge is 0.303 e. The molecule has 0 N–H and O–H groups in total. The van der Waals surface area contributed by atoms with E-state index in [1.54, 1.807) is 0 Å². The van der Waals surface area contributed by atoms with Crippen LogP contribution in [0.5, 0.6) is 0 Å². The highest BCUT2D eigenvalue weighted by atomic mass is 16.1. The maximum absolute atomic E-state index is 11.0. The first kappa shape index (κ1) is 8.28. The van der Waals surface area contributed by atoms with Gasteiger partial charge in [-0.15, -0.1) is 0 Å². The molecule has 0 heterocycles. The van der Waals surface area contributed by atoms with Crippen LogP contribution in [0.4, 0.5) is 0 Å². The van der Waals surface area contributed by atoms with Gasteiger partial charge in [0.25, 0.3) is 0 Å². The van der Waals surface area contributed by atoms with E-state index in [2.05, 4.69) is 20.8 Å². The van der Waals surface area contributed by atoms with E-state index in [0.29, 0.717) is 11.3 Å². The lowest BCUT2D eigenvalue weighted by Crippen LogP contribution is -2.36. The van der Waals surface area contributed by atoms with Gasteiger partial charge in [-0.3, -0.25) is 0 Å². The lowest BCUT2D eigenvalue weighted by molar-refractivity contribution is -0.118. The van der Waals surface area contributed by atoms with Crippen LogP contribution >= 0.6 is 0 Å². The van der Waals surface area contributed by atoms with Crippen LogP contribution in [-0.4, -0.2) is 6.29 Å². The van der Waals surface area contributed by atoms with Crippen molar-refractivity contribution < 1.29 is 4.79 Å². The van der Waals surface area contributed by atoms with Crippen LogP contribution in [0.3, 0.4) is 0 Å². The number of rotatable bonds is 1. The minimum Gasteiger partial charge on any atom is -0.303 e. The Morgan fingerprint density at radius 3 is 2.33 bits per heavy atom. The molecule has 1 nitrogen and oxygen atoms in total. The molecule has 0 radical (unpaired) electrons. The lowest BCUT2D eigenvalue weighted by Gasteiger charge is -2.39. The van der Waals surface area contributed by atoms with Crippen LogP contribution in [0, 0.1) is 22.7 Å². The zero-order valence-corrected chi connectivity index (χ0v) is 8.26. The molecule has 3 unspecified atom stereocenters. The molecule has 2 aliphatic rings. The van der Waals surface area contributed by atoms with E-state index in [9.17, 15) is 4.79 Å². The Morgan fingerprint density at radius 2 is 2.00 bits per heavy atom. The average Bonchev–Trinajstić information content (AvgIpc) is 2.39. The Morgan fingerprint density at radius 1 is 1.33 bits per heavy atom. The molecule has 2 fully saturated rings. The third-order valence-electron chi connectivity index (χ3n) is 4.52. The van der Waals surface area contributed by atoms with E-state index >= 15 is 0 Å². The van der Waals surface area contributed by atoms with Gasteiger partial charge in [0.2, 0.25) is 0 Å². The number of aldehydes is 1. The van der Waals surface area contributed by atoms with Crippen molar-refractivity contribution in [1.82, 2.24) is 0 Å². The van der Waals surface area contributed by atoms with Crippen molar-refractivity contribution in [3.05, 3.63) is 0 Å². The second kappa shape index (κ2) is 2.12. The summed E-state index contributed by atoms with van der Waals surface area (Å²) in [6.45, 7) is 6.82. The summed E-state index contributed by atoms with van der Waals surface area (Å²) in [5.41, 5.74) is 0.616. The maximum atomic E-state index is 11.0. The van der Waals surface area contributed by atoms with Gasteiger partial charge in [0.05, 0.1) is 0 Å². The summed E-state index contributed by atoms with van der Waals surface area (Å²) in [5.74, 6) is 1.11. The fourth-order valence-electron chi connectivity index (χ4n) is 3.68. The van der Waals surface area contributed by atoms with Crippen LogP contribution in [0.25, 0.3) is 0 Å². The van der Waals surface area contributed by atoms with Crippen molar-refractivity contribution in [2.24, 2.45) is 22.7 Å². The second-order valence-electron chi connectivity index (χ2n) is 5.53. The monoisotopic (exact) mass is 166 g/mol. The van der Waals surface area contributed by atoms with E-state index in [4.69, 9.17) is 0 Å². The van der Waals surface area contributed by atoms with Crippen molar-refractivity contribution in [1.29, 1.82) is 0 Å². The highest BCUT2D eigenvalue weighted by Gasteiger charge is 2.58. The summed E-state index contributed by atoms with van der Waals surface area (Å²) < 4.78 is 0. The van der Waals surface area contributed by atoms with E-state index in [-0.39, 0.29) is 5.41 Å². The fourth-order valence-corrected chi connectivity index (χ4v) is 3.68. The Labute approximate surface area is 74.5 Å². The molecule has 0 aromatic heterocycles. The van der Waals surface area contributed by atoms with E-state index in [1.807, 2.05) is 0 Å². The van der Waals surface area contributed by atoms with Gasteiger partial charge in [-0.25, -0.2) is 0 Å². The van der Waals surface area contributed by atoms with Crippen molar-refractivity contribution in [3.8, 4) is 0 Å². The predicted octanol–water partition coefficient (Wildman–Crippen LogP) is 2.65. The lowest BCUT2D eigenvalue weighted by atomic mass is 9.65. The van der Waals surface area contributed by atoms with Gasteiger partial charge < -0.3 is 4.79 Å². The molecule has 0 aliphatic heterocycles. The SMILES string of the molecule is CC12CCC(C1)C(C)(C)C2C=O. The number of hydrogen-bond acceptors (Lipinski definition) is 1. The maximum Gasteiger partial charge on any atom is 0.124 e. The van der Waals surface area contributed by atoms with Crippen molar-refractivity contribution in [3.63, 3.8) is 0 Å². The zero-order valence-electron chi connectivity index (χ0n) is 8.26.